The number of hydrogen-bond donors (Lipinski definition) is 1. The minimum absolute atomic E-state index is 0.0782. The van der Waals surface area contributed by atoms with Crippen LogP contribution in [0, 0.1) is 26.6 Å². The number of rotatable bonds is 4. The number of ether oxygens (including phenoxy) is 1. The lowest BCUT2D eigenvalue weighted by atomic mass is 10.2. The fraction of sp³-hybridized carbons (Fsp3) is 0.222. The predicted octanol–water partition coefficient (Wildman–Crippen LogP) is 2.99. The number of anilines is 1. The zero-order valence-corrected chi connectivity index (χ0v) is 14.9. The molecule has 0 radical (unpaired) electrons. The molecule has 0 aliphatic rings. The Bertz CT molecular complexity index is 966. The lowest BCUT2D eigenvalue weighted by Crippen LogP contribution is -2.13. The number of aryl methyl sites for hydroxylation is 1. The molecule has 0 fully saturated rings. The third kappa shape index (κ3) is 3.26. The van der Waals surface area contributed by atoms with Crippen LogP contribution in [0.5, 0.6) is 5.75 Å². The number of aromatic nitrogens is 4. The summed E-state index contributed by atoms with van der Waals surface area (Å²) in [7, 11) is 1.36. The molecule has 26 heavy (non-hydrogen) atoms. The Hall–Kier alpha value is -3.29. The molecule has 1 aromatic carbocycles. The van der Waals surface area contributed by atoms with Crippen LogP contribution in [0.25, 0.3) is 5.95 Å². The molecule has 0 saturated carbocycles. The summed E-state index contributed by atoms with van der Waals surface area (Å²) in [4.78, 5) is 20.7. The number of carbonyl (C=O) groups excluding carboxylic acids is 1. The highest BCUT2D eigenvalue weighted by atomic mass is 19.1. The van der Waals surface area contributed by atoms with Gasteiger partial charge >= 0.3 is 0 Å². The molecule has 134 valence electrons. The van der Waals surface area contributed by atoms with Crippen LogP contribution in [0.15, 0.2) is 30.6 Å². The predicted molar refractivity (Wildman–Crippen MR) is 94.3 cm³/mol. The molecule has 0 unspecified atom stereocenters. The van der Waals surface area contributed by atoms with Gasteiger partial charge in [-0.15, -0.1) is 0 Å². The maximum Gasteiger partial charge on any atom is 0.255 e. The van der Waals surface area contributed by atoms with Crippen molar-refractivity contribution in [3.8, 4) is 11.7 Å². The quantitative estimate of drug-likeness (QED) is 0.778. The van der Waals surface area contributed by atoms with Gasteiger partial charge in [-0.05, 0) is 44.5 Å². The average Bonchev–Trinajstić information content (AvgIpc) is 2.89. The Balaban J connectivity index is 1.78. The number of nitrogens with zero attached hydrogens (tertiary/aromatic N) is 4. The summed E-state index contributed by atoms with van der Waals surface area (Å²) in [6, 6.07) is 3.99. The highest BCUT2D eigenvalue weighted by Gasteiger charge is 2.13. The van der Waals surface area contributed by atoms with Gasteiger partial charge in [-0.3, -0.25) is 4.79 Å². The minimum atomic E-state index is -0.605. The monoisotopic (exact) mass is 355 g/mol. The van der Waals surface area contributed by atoms with E-state index in [4.69, 9.17) is 4.74 Å². The van der Waals surface area contributed by atoms with E-state index in [9.17, 15) is 9.18 Å². The second-order valence-electron chi connectivity index (χ2n) is 5.78. The van der Waals surface area contributed by atoms with Gasteiger partial charge in [-0.25, -0.2) is 19.0 Å². The Morgan fingerprint density at radius 3 is 2.42 bits per heavy atom. The first kappa shape index (κ1) is 17.5. The first-order valence-corrected chi connectivity index (χ1v) is 7.91. The van der Waals surface area contributed by atoms with Crippen molar-refractivity contribution in [3.63, 3.8) is 0 Å². The molecular weight excluding hydrogens is 337 g/mol. The molecule has 3 aromatic rings. The van der Waals surface area contributed by atoms with Crippen LogP contribution in [0.3, 0.4) is 0 Å². The van der Waals surface area contributed by atoms with Gasteiger partial charge in [0.25, 0.3) is 11.9 Å². The van der Waals surface area contributed by atoms with Gasteiger partial charge < -0.3 is 10.1 Å². The van der Waals surface area contributed by atoms with Crippen LogP contribution in [-0.2, 0) is 0 Å². The summed E-state index contributed by atoms with van der Waals surface area (Å²) in [6.07, 6.45) is 2.96. The first-order chi connectivity index (χ1) is 12.4. The van der Waals surface area contributed by atoms with Crippen molar-refractivity contribution in [2.45, 2.75) is 20.8 Å². The highest BCUT2D eigenvalue weighted by molar-refractivity contribution is 6.04. The second kappa shape index (κ2) is 6.91. The molecule has 0 spiro atoms. The van der Waals surface area contributed by atoms with E-state index in [1.54, 1.807) is 4.68 Å². The molecule has 8 heteroatoms. The zero-order chi connectivity index (χ0) is 18.8. The normalized spacial score (nSPS) is 10.7. The van der Waals surface area contributed by atoms with Crippen LogP contribution in [0.4, 0.5) is 10.1 Å². The van der Waals surface area contributed by atoms with E-state index in [1.165, 1.54) is 31.6 Å². The third-order valence-electron chi connectivity index (χ3n) is 4.15. The number of hydrogen-bond acceptors (Lipinski definition) is 5. The van der Waals surface area contributed by atoms with E-state index < -0.39 is 11.7 Å². The molecule has 0 saturated heterocycles. The molecule has 0 atom stereocenters. The van der Waals surface area contributed by atoms with E-state index in [1.807, 2.05) is 20.8 Å². The maximum atomic E-state index is 13.7. The van der Waals surface area contributed by atoms with Gasteiger partial charge in [0.05, 0.1) is 30.9 Å². The molecule has 0 aliphatic carbocycles. The number of benzene rings is 1. The Labute approximate surface area is 149 Å². The molecular formula is C18H18FN5O2. The summed E-state index contributed by atoms with van der Waals surface area (Å²) in [5.41, 5.74) is 3.50. The summed E-state index contributed by atoms with van der Waals surface area (Å²) >= 11 is 0. The number of carbonyl (C=O) groups is 1. The Kier molecular flexibility index (Phi) is 4.66. The maximum absolute atomic E-state index is 13.7. The van der Waals surface area contributed by atoms with Crippen molar-refractivity contribution in [3.05, 3.63) is 58.9 Å². The Morgan fingerprint density at radius 2 is 1.88 bits per heavy atom. The number of halogens is 1. The summed E-state index contributed by atoms with van der Waals surface area (Å²) in [6.45, 7) is 5.84. The zero-order valence-electron chi connectivity index (χ0n) is 14.9. The van der Waals surface area contributed by atoms with E-state index in [0.29, 0.717) is 11.6 Å². The summed E-state index contributed by atoms with van der Waals surface area (Å²) < 4.78 is 20.2. The summed E-state index contributed by atoms with van der Waals surface area (Å²) in [5.74, 6) is -0.585. The standard InChI is InChI=1S/C18H18FN5O2/c1-10-11(2)23-24(12(10)3)18-20-8-14(9-21-18)22-17(25)13-5-6-16(26-4)15(19)7-13/h5-9H,1-4H3,(H,22,25). The molecule has 0 bridgehead atoms. The first-order valence-electron chi connectivity index (χ1n) is 7.91. The van der Waals surface area contributed by atoms with Crippen LogP contribution in [0.2, 0.25) is 0 Å². The number of amides is 1. The van der Waals surface area contributed by atoms with Crippen molar-refractivity contribution in [2.24, 2.45) is 0 Å². The lowest BCUT2D eigenvalue weighted by molar-refractivity contribution is 0.102. The molecule has 7 nitrogen and oxygen atoms in total. The third-order valence-corrected chi connectivity index (χ3v) is 4.15. The van der Waals surface area contributed by atoms with Gasteiger partial charge in [-0.2, -0.15) is 5.10 Å². The van der Waals surface area contributed by atoms with Gasteiger partial charge in [0, 0.05) is 11.3 Å². The molecule has 2 aromatic heterocycles. The van der Waals surface area contributed by atoms with Crippen molar-refractivity contribution < 1.29 is 13.9 Å². The lowest BCUT2D eigenvalue weighted by Gasteiger charge is -2.07. The van der Waals surface area contributed by atoms with Gasteiger partial charge in [0.2, 0.25) is 0 Å². The molecule has 0 aliphatic heterocycles. The smallest absolute Gasteiger partial charge is 0.255 e. The van der Waals surface area contributed by atoms with Crippen LogP contribution >= 0.6 is 0 Å². The number of nitrogens with one attached hydrogen (secondary N) is 1. The molecule has 1 amide bonds. The largest absolute Gasteiger partial charge is 0.494 e. The molecule has 2 heterocycles. The van der Waals surface area contributed by atoms with E-state index in [2.05, 4.69) is 20.4 Å². The second-order valence-corrected chi connectivity index (χ2v) is 5.78. The molecule has 1 N–H and O–H groups in total. The van der Waals surface area contributed by atoms with Crippen LogP contribution in [0.1, 0.15) is 27.3 Å². The van der Waals surface area contributed by atoms with Crippen molar-refractivity contribution in [1.29, 1.82) is 0 Å². The summed E-state index contributed by atoms with van der Waals surface area (Å²) in [5, 5.41) is 7.03. The van der Waals surface area contributed by atoms with Gasteiger partial charge in [-0.1, -0.05) is 0 Å². The van der Waals surface area contributed by atoms with Gasteiger partial charge in [0.1, 0.15) is 0 Å². The molecule has 3 rings (SSSR count). The van der Waals surface area contributed by atoms with Crippen molar-refractivity contribution in [2.75, 3.05) is 12.4 Å². The highest BCUT2D eigenvalue weighted by Crippen LogP contribution is 2.19. The van der Waals surface area contributed by atoms with E-state index >= 15 is 0 Å². The van der Waals surface area contributed by atoms with Gasteiger partial charge in [0.15, 0.2) is 11.6 Å². The van der Waals surface area contributed by atoms with E-state index in [0.717, 1.165) is 23.0 Å². The van der Waals surface area contributed by atoms with Crippen LogP contribution < -0.4 is 10.1 Å². The van der Waals surface area contributed by atoms with Crippen molar-refractivity contribution in [1.82, 2.24) is 19.7 Å². The van der Waals surface area contributed by atoms with E-state index in [-0.39, 0.29) is 11.3 Å². The Morgan fingerprint density at radius 1 is 1.19 bits per heavy atom. The topological polar surface area (TPSA) is 81.9 Å². The number of methoxy groups -OCH3 is 1. The SMILES string of the molecule is COc1ccc(C(=O)Nc2cnc(-n3nc(C)c(C)c3C)nc2)cc1F. The van der Waals surface area contributed by atoms with Crippen molar-refractivity contribution >= 4 is 11.6 Å². The van der Waals surface area contributed by atoms with Crippen LogP contribution in [-0.4, -0.2) is 32.8 Å². The fourth-order valence-electron chi connectivity index (χ4n) is 2.42. The average molecular weight is 355 g/mol. The fourth-order valence-corrected chi connectivity index (χ4v) is 2.42. The minimum Gasteiger partial charge on any atom is -0.494 e.